The van der Waals surface area contributed by atoms with Crippen LogP contribution in [0.1, 0.15) is 27.7 Å². The molecular formula is C11H14N4O2. The number of aromatic nitrogens is 2. The van der Waals surface area contributed by atoms with Gasteiger partial charge in [0, 0.05) is 12.4 Å². The highest BCUT2D eigenvalue weighted by atomic mass is 16.3. The largest absolute Gasteiger partial charge is 0.464 e. The Balaban J connectivity index is 2.24. The number of nitrogens with one attached hydrogen (secondary N) is 1. The average Bonchev–Trinajstić information content (AvgIpc) is 2.86. The van der Waals surface area contributed by atoms with Gasteiger partial charge in [0.25, 0.3) is 5.91 Å². The molecule has 0 atom stereocenters. The molecule has 0 bridgehead atoms. The Morgan fingerprint density at radius 3 is 2.94 bits per heavy atom. The van der Waals surface area contributed by atoms with Crippen molar-refractivity contribution in [1.29, 1.82) is 0 Å². The summed E-state index contributed by atoms with van der Waals surface area (Å²) in [5.41, 5.74) is 2.55. The number of nitrogens with zero attached hydrogens (tertiary/aromatic N) is 2. The van der Waals surface area contributed by atoms with Crippen molar-refractivity contribution in [2.45, 2.75) is 20.4 Å². The second kappa shape index (κ2) is 4.42. The highest BCUT2D eigenvalue weighted by molar-refractivity contribution is 5.94. The number of carbonyl (C=O) groups excluding carboxylic acids is 1. The van der Waals surface area contributed by atoms with E-state index in [1.54, 1.807) is 19.2 Å². The van der Waals surface area contributed by atoms with Crippen molar-refractivity contribution in [1.82, 2.24) is 15.0 Å². The molecule has 0 aliphatic carbocycles. The minimum atomic E-state index is -0.347. The zero-order valence-electron chi connectivity index (χ0n) is 9.73. The third-order valence-corrected chi connectivity index (χ3v) is 2.59. The van der Waals surface area contributed by atoms with Gasteiger partial charge in [-0.1, -0.05) is 0 Å². The van der Waals surface area contributed by atoms with Gasteiger partial charge >= 0.3 is 0 Å². The lowest BCUT2D eigenvalue weighted by Crippen LogP contribution is -2.30. The fraction of sp³-hybridized carbons (Fsp3) is 0.273. The predicted octanol–water partition coefficient (Wildman–Crippen LogP) is 0.745. The second-order valence-electron chi connectivity index (χ2n) is 3.76. The van der Waals surface area contributed by atoms with Crippen molar-refractivity contribution in [2.24, 2.45) is 5.84 Å². The Labute approximate surface area is 98.4 Å². The van der Waals surface area contributed by atoms with Crippen LogP contribution in [0.4, 0.5) is 0 Å². The van der Waals surface area contributed by atoms with Crippen LogP contribution < -0.4 is 11.3 Å². The third kappa shape index (κ3) is 2.21. The van der Waals surface area contributed by atoms with Gasteiger partial charge in [-0.15, -0.1) is 0 Å². The molecule has 2 rings (SSSR count). The van der Waals surface area contributed by atoms with Gasteiger partial charge in [0.05, 0.1) is 12.1 Å². The Hall–Kier alpha value is -2.08. The molecule has 0 aliphatic heterocycles. The highest BCUT2D eigenvalue weighted by Gasteiger charge is 2.14. The molecule has 3 N–H and O–H groups in total. The van der Waals surface area contributed by atoms with Gasteiger partial charge in [0.15, 0.2) is 0 Å². The van der Waals surface area contributed by atoms with Gasteiger partial charge in [0.1, 0.15) is 17.3 Å². The standard InChI is InChI=1S/C11H14N4O2/c1-7-10(11(16)14-12)5-9(17-7)6-15-4-3-13-8(15)2/h3-5H,6,12H2,1-2H3,(H,14,16). The Morgan fingerprint density at radius 1 is 1.59 bits per heavy atom. The number of hydrazine groups is 1. The molecule has 2 aromatic rings. The van der Waals surface area contributed by atoms with E-state index in [2.05, 4.69) is 10.4 Å². The molecule has 6 heteroatoms. The summed E-state index contributed by atoms with van der Waals surface area (Å²) in [5, 5.41) is 0. The molecule has 0 aliphatic rings. The molecule has 0 unspecified atom stereocenters. The first kappa shape index (κ1) is 11.4. The zero-order valence-corrected chi connectivity index (χ0v) is 9.73. The molecule has 6 nitrogen and oxygen atoms in total. The van der Waals surface area contributed by atoms with Crippen molar-refractivity contribution in [3.05, 3.63) is 41.4 Å². The summed E-state index contributed by atoms with van der Waals surface area (Å²) in [6, 6.07) is 1.69. The first-order chi connectivity index (χ1) is 8.11. The van der Waals surface area contributed by atoms with Crippen LogP contribution in [0.25, 0.3) is 0 Å². The van der Waals surface area contributed by atoms with E-state index in [4.69, 9.17) is 10.3 Å². The summed E-state index contributed by atoms with van der Waals surface area (Å²) in [6.45, 7) is 4.18. The third-order valence-electron chi connectivity index (χ3n) is 2.59. The molecule has 90 valence electrons. The number of nitrogen functional groups attached to an aromatic ring is 1. The molecule has 0 spiro atoms. The minimum absolute atomic E-state index is 0.347. The van der Waals surface area contributed by atoms with Crippen molar-refractivity contribution < 1.29 is 9.21 Å². The maximum absolute atomic E-state index is 11.4. The molecule has 0 radical (unpaired) electrons. The number of carbonyl (C=O) groups is 1. The van der Waals surface area contributed by atoms with E-state index in [-0.39, 0.29) is 5.91 Å². The van der Waals surface area contributed by atoms with Crippen molar-refractivity contribution in [3.63, 3.8) is 0 Å². The van der Waals surface area contributed by atoms with Gasteiger partial charge in [-0.2, -0.15) is 0 Å². The fourth-order valence-corrected chi connectivity index (χ4v) is 1.66. The number of hydrogen-bond donors (Lipinski definition) is 2. The molecule has 2 aromatic heterocycles. The van der Waals surface area contributed by atoms with Crippen LogP contribution in [0.2, 0.25) is 0 Å². The SMILES string of the molecule is Cc1oc(Cn2ccnc2C)cc1C(=O)NN. The topological polar surface area (TPSA) is 86.1 Å². The van der Waals surface area contributed by atoms with E-state index < -0.39 is 0 Å². The van der Waals surface area contributed by atoms with Gasteiger partial charge < -0.3 is 8.98 Å². The monoisotopic (exact) mass is 234 g/mol. The van der Waals surface area contributed by atoms with Crippen LogP contribution in [-0.4, -0.2) is 15.5 Å². The summed E-state index contributed by atoms with van der Waals surface area (Å²) >= 11 is 0. The molecule has 0 aromatic carbocycles. The lowest BCUT2D eigenvalue weighted by Gasteiger charge is -2.00. The van der Waals surface area contributed by atoms with E-state index in [0.29, 0.717) is 23.6 Å². The summed E-state index contributed by atoms with van der Waals surface area (Å²) in [6.07, 6.45) is 3.58. The number of hydrogen-bond acceptors (Lipinski definition) is 4. The lowest BCUT2D eigenvalue weighted by molar-refractivity contribution is 0.0952. The Kier molecular flexibility index (Phi) is 2.97. The van der Waals surface area contributed by atoms with Crippen LogP contribution in [0.3, 0.4) is 0 Å². The van der Waals surface area contributed by atoms with Gasteiger partial charge in [-0.25, -0.2) is 10.8 Å². The first-order valence-electron chi connectivity index (χ1n) is 5.20. The molecule has 0 fully saturated rings. The zero-order chi connectivity index (χ0) is 12.4. The number of imidazole rings is 1. The number of furan rings is 1. The smallest absolute Gasteiger partial charge is 0.268 e. The van der Waals surface area contributed by atoms with Crippen LogP contribution in [0.5, 0.6) is 0 Å². The highest BCUT2D eigenvalue weighted by Crippen LogP contribution is 2.16. The fourth-order valence-electron chi connectivity index (χ4n) is 1.66. The quantitative estimate of drug-likeness (QED) is 0.466. The average molecular weight is 234 g/mol. The molecule has 0 saturated heterocycles. The number of rotatable bonds is 3. The predicted molar refractivity (Wildman–Crippen MR) is 61.2 cm³/mol. The van der Waals surface area contributed by atoms with E-state index in [1.165, 1.54) is 0 Å². The van der Waals surface area contributed by atoms with Crippen LogP contribution in [-0.2, 0) is 6.54 Å². The first-order valence-corrected chi connectivity index (χ1v) is 5.20. The second-order valence-corrected chi connectivity index (χ2v) is 3.76. The maximum atomic E-state index is 11.4. The van der Waals surface area contributed by atoms with Crippen molar-refractivity contribution in [3.8, 4) is 0 Å². The minimum Gasteiger partial charge on any atom is -0.464 e. The van der Waals surface area contributed by atoms with E-state index in [0.717, 1.165) is 5.82 Å². The van der Waals surface area contributed by atoms with Crippen molar-refractivity contribution >= 4 is 5.91 Å². The molecular weight excluding hydrogens is 220 g/mol. The van der Waals surface area contributed by atoms with E-state index >= 15 is 0 Å². The van der Waals surface area contributed by atoms with Gasteiger partial charge in [-0.3, -0.25) is 10.2 Å². The summed E-state index contributed by atoms with van der Waals surface area (Å²) in [7, 11) is 0. The Bertz CT molecular complexity index is 541. The lowest BCUT2D eigenvalue weighted by atomic mass is 10.2. The van der Waals surface area contributed by atoms with Crippen LogP contribution >= 0.6 is 0 Å². The number of amides is 1. The van der Waals surface area contributed by atoms with E-state index in [9.17, 15) is 4.79 Å². The molecule has 17 heavy (non-hydrogen) atoms. The van der Waals surface area contributed by atoms with E-state index in [1.807, 2.05) is 17.7 Å². The summed E-state index contributed by atoms with van der Waals surface area (Å²) < 4.78 is 7.43. The van der Waals surface area contributed by atoms with Crippen molar-refractivity contribution in [2.75, 3.05) is 0 Å². The normalized spacial score (nSPS) is 10.5. The van der Waals surface area contributed by atoms with Crippen LogP contribution in [0.15, 0.2) is 22.9 Å². The number of aryl methyl sites for hydroxylation is 2. The molecule has 0 saturated carbocycles. The van der Waals surface area contributed by atoms with Gasteiger partial charge in [-0.05, 0) is 19.9 Å². The summed E-state index contributed by atoms with van der Waals surface area (Å²) in [4.78, 5) is 15.5. The Morgan fingerprint density at radius 2 is 2.35 bits per heavy atom. The number of nitrogens with two attached hydrogens (primary N) is 1. The van der Waals surface area contributed by atoms with Crippen LogP contribution in [0, 0.1) is 13.8 Å². The maximum Gasteiger partial charge on any atom is 0.268 e. The molecule has 1 amide bonds. The van der Waals surface area contributed by atoms with Gasteiger partial charge in [0.2, 0.25) is 0 Å². The molecule has 2 heterocycles. The summed E-state index contributed by atoms with van der Waals surface area (Å²) in [5.74, 6) is 6.88.